The average molecular weight is 408 g/mol. The van der Waals surface area contributed by atoms with Crippen molar-refractivity contribution >= 4 is 41.3 Å². The van der Waals surface area contributed by atoms with Crippen LogP contribution in [0.25, 0.3) is 0 Å². The van der Waals surface area contributed by atoms with Crippen LogP contribution in [-0.4, -0.2) is 24.5 Å². The van der Waals surface area contributed by atoms with Crippen molar-refractivity contribution in [2.24, 2.45) is 10.4 Å². The zero-order valence-electron chi connectivity index (χ0n) is 12.5. The van der Waals surface area contributed by atoms with Gasteiger partial charge in [-0.05, 0) is 31.6 Å². The summed E-state index contributed by atoms with van der Waals surface area (Å²) in [4.78, 5) is 9.83. The van der Waals surface area contributed by atoms with E-state index in [1.165, 1.54) is 30.6 Å². The Balaban J connectivity index is 0.00000200. The molecule has 114 valence electrons. The van der Waals surface area contributed by atoms with Gasteiger partial charge < -0.3 is 10.6 Å². The number of nitrogens with one attached hydrogen (secondary N) is 2. The molecule has 0 amide bonds. The number of guanidine groups is 1. The molecule has 4 nitrogen and oxygen atoms in total. The molecule has 2 N–H and O–H groups in total. The molecule has 0 aliphatic heterocycles. The highest BCUT2D eigenvalue weighted by atomic mass is 127. The van der Waals surface area contributed by atoms with E-state index in [9.17, 15) is 0 Å². The summed E-state index contributed by atoms with van der Waals surface area (Å²) in [7, 11) is 1.83. The smallest absolute Gasteiger partial charge is 0.191 e. The third-order valence-corrected chi connectivity index (χ3v) is 5.21. The van der Waals surface area contributed by atoms with Crippen molar-refractivity contribution in [3.05, 3.63) is 16.1 Å². The van der Waals surface area contributed by atoms with Crippen LogP contribution in [0.4, 0.5) is 0 Å². The normalized spacial score (nSPS) is 17.1. The van der Waals surface area contributed by atoms with Crippen molar-refractivity contribution in [1.29, 1.82) is 0 Å². The van der Waals surface area contributed by atoms with E-state index in [0.717, 1.165) is 24.7 Å². The first kappa shape index (κ1) is 17.7. The summed E-state index contributed by atoms with van der Waals surface area (Å²) in [5, 5.41) is 6.83. The minimum Gasteiger partial charge on any atom is -0.356 e. The van der Waals surface area contributed by atoms with Gasteiger partial charge in [-0.25, -0.2) is 4.98 Å². The number of aryl methyl sites for hydroxylation is 1. The minimum absolute atomic E-state index is 0. The van der Waals surface area contributed by atoms with Gasteiger partial charge in [0.25, 0.3) is 0 Å². The maximum absolute atomic E-state index is 4.29. The molecular formula is C14H25IN4S. The van der Waals surface area contributed by atoms with E-state index in [1.807, 2.05) is 19.5 Å². The Morgan fingerprint density at radius 1 is 1.45 bits per heavy atom. The molecule has 0 unspecified atom stereocenters. The summed E-state index contributed by atoms with van der Waals surface area (Å²) in [6.07, 6.45) is 5.33. The summed E-state index contributed by atoms with van der Waals surface area (Å²) in [6.45, 7) is 6.17. The van der Waals surface area contributed by atoms with E-state index in [1.54, 1.807) is 11.3 Å². The predicted molar refractivity (Wildman–Crippen MR) is 97.0 cm³/mol. The molecule has 1 fully saturated rings. The van der Waals surface area contributed by atoms with E-state index < -0.39 is 0 Å². The molecule has 2 rings (SSSR count). The second-order valence-corrected chi connectivity index (χ2v) is 6.29. The number of halogens is 1. The van der Waals surface area contributed by atoms with Gasteiger partial charge in [0.15, 0.2) is 5.96 Å². The molecule has 0 aromatic carbocycles. The summed E-state index contributed by atoms with van der Waals surface area (Å²) < 4.78 is 0. The molecule has 0 bridgehead atoms. The van der Waals surface area contributed by atoms with Gasteiger partial charge in [-0.3, -0.25) is 4.99 Å². The van der Waals surface area contributed by atoms with Gasteiger partial charge in [0.2, 0.25) is 0 Å². The molecule has 0 radical (unpaired) electrons. The minimum atomic E-state index is 0. The third kappa shape index (κ3) is 4.31. The van der Waals surface area contributed by atoms with Crippen LogP contribution in [0.2, 0.25) is 0 Å². The topological polar surface area (TPSA) is 49.3 Å². The van der Waals surface area contributed by atoms with Gasteiger partial charge in [-0.2, -0.15) is 0 Å². The van der Waals surface area contributed by atoms with Crippen LogP contribution in [0.15, 0.2) is 10.5 Å². The number of hydrogen-bond acceptors (Lipinski definition) is 3. The number of rotatable bonds is 5. The molecule has 0 spiro atoms. The molecule has 1 aliphatic rings. The summed E-state index contributed by atoms with van der Waals surface area (Å²) in [5.41, 5.74) is 3.51. The van der Waals surface area contributed by atoms with Crippen molar-refractivity contribution in [3.63, 3.8) is 0 Å². The van der Waals surface area contributed by atoms with Gasteiger partial charge in [0, 0.05) is 18.5 Å². The summed E-state index contributed by atoms with van der Waals surface area (Å²) >= 11 is 1.69. The first-order valence-corrected chi connectivity index (χ1v) is 7.90. The number of nitrogens with zero attached hydrogens (tertiary/aromatic N) is 2. The van der Waals surface area contributed by atoms with Gasteiger partial charge in [-0.15, -0.1) is 35.3 Å². The number of hydrogen-bond donors (Lipinski definition) is 2. The Morgan fingerprint density at radius 2 is 2.20 bits per heavy atom. The predicted octanol–water partition coefficient (Wildman–Crippen LogP) is 3.31. The largest absolute Gasteiger partial charge is 0.356 e. The SMILES string of the molecule is CCC1(CNC(=NC)NCc2scnc2C)CCC1.I. The fourth-order valence-electron chi connectivity index (χ4n) is 2.48. The lowest BCUT2D eigenvalue weighted by Gasteiger charge is -2.41. The van der Waals surface area contributed by atoms with E-state index in [0.29, 0.717) is 5.41 Å². The van der Waals surface area contributed by atoms with Crippen LogP contribution >= 0.6 is 35.3 Å². The van der Waals surface area contributed by atoms with E-state index >= 15 is 0 Å². The molecule has 1 aliphatic carbocycles. The van der Waals surface area contributed by atoms with Crippen LogP contribution < -0.4 is 10.6 Å². The molecule has 1 saturated carbocycles. The summed E-state index contributed by atoms with van der Waals surface area (Å²) in [5.74, 6) is 0.896. The molecular weight excluding hydrogens is 383 g/mol. The number of aliphatic imine (C=N–C) groups is 1. The molecule has 0 saturated heterocycles. The first-order chi connectivity index (χ1) is 9.19. The van der Waals surface area contributed by atoms with Crippen LogP contribution in [0, 0.1) is 12.3 Å². The van der Waals surface area contributed by atoms with Crippen molar-refractivity contribution in [2.45, 2.75) is 46.1 Å². The highest BCUT2D eigenvalue weighted by molar-refractivity contribution is 14.0. The van der Waals surface area contributed by atoms with Crippen LogP contribution in [0.5, 0.6) is 0 Å². The number of thiazole rings is 1. The Hall–Kier alpha value is -0.370. The van der Waals surface area contributed by atoms with Gasteiger partial charge in [0.1, 0.15) is 0 Å². The Morgan fingerprint density at radius 3 is 2.65 bits per heavy atom. The lowest BCUT2D eigenvalue weighted by Crippen LogP contribution is -2.46. The monoisotopic (exact) mass is 408 g/mol. The van der Waals surface area contributed by atoms with Crippen molar-refractivity contribution < 1.29 is 0 Å². The Kier molecular flexibility index (Phi) is 7.22. The highest BCUT2D eigenvalue weighted by Crippen LogP contribution is 2.42. The fourth-order valence-corrected chi connectivity index (χ4v) is 3.20. The molecule has 20 heavy (non-hydrogen) atoms. The Labute approximate surface area is 142 Å². The second kappa shape index (κ2) is 8.17. The maximum Gasteiger partial charge on any atom is 0.191 e. The van der Waals surface area contributed by atoms with Crippen LogP contribution in [0.1, 0.15) is 43.2 Å². The standard InChI is InChI=1S/C14H24N4S.HI/c1-4-14(6-5-7-14)9-17-13(15-3)16-8-12-11(2)18-10-19-12;/h10H,4-9H2,1-3H3,(H2,15,16,17);1H. The molecule has 1 heterocycles. The van der Waals surface area contributed by atoms with Gasteiger partial charge in [-0.1, -0.05) is 13.3 Å². The lowest BCUT2D eigenvalue weighted by molar-refractivity contribution is 0.131. The van der Waals surface area contributed by atoms with E-state index in [4.69, 9.17) is 0 Å². The van der Waals surface area contributed by atoms with E-state index in [-0.39, 0.29) is 24.0 Å². The van der Waals surface area contributed by atoms with Crippen LogP contribution in [0.3, 0.4) is 0 Å². The Bertz CT molecular complexity index is 435. The van der Waals surface area contributed by atoms with Gasteiger partial charge >= 0.3 is 0 Å². The van der Waals surface area contributed by atoms with Gasteiger partial charge in [0.05, 0.1) is 17.7 Å². The zero-order chi connectivity index (χ0) is 13.7. The molecule has 0 atom stereocenters. The van der Waals surface area contributed by atoms with Crippen LogP contribution in [-0.2, 0) is 6.54 Å². The fraction of sp³-hybridized carbons (Fsp3) is 0.714. The maximum atomic E-state index is 4.29. The average Bonchev–Trinajstić information content (AvgIpc) is 2.78. The molecule has 6 heteroatoms. The van der Waals surface area contributed by atoms with Crippen molar-refractivity contribution in [2.75, 3.05) is 13.6 Å². The zero-order valence-corrected chi connectivity index (χ0v) is 15.7. The third-order valence-electron chi connectivity index (χ3n) is 4.28. The molecule has 1 aromatic heterocycles. The lowest BCUT2D eigenvalue weighted by atomic mass is 9.67. The quantitative estimate of drug-likeness (QED) is 0.447. The highest BCUT2D eigenvalue weighted by Gasteiger charge is 2.34. The van der Waals surface area contributed by atoms with E-state index in [2.05, 4.69) is 27.5 Å². The summed E-state index contributed by atoms with van der Waals surface area (Å²) in [6, 6.07) is 0. The van der Waals surface area contributed by atoms with Crippen molar-refractivity contribution in [3.8, 4) is 0 Å². The number of aromatic nitrogens is 1. The van der Waals surface area contributed by atoms with Crippen molar-refractivity contribution in [1.82, 2.24) is 15.6 Å². The second-order valence-electron chi connectivity index (χ2n) is 5.35. The molecule has 1 aromatic rings. The first-order valence-electron chi connectivity index (χ1n) is 7.02.